The fourth-order valence-corrected chi connectivity index (χ4v) is 3.99. The van der Waals surface area contributed by atoms with Gasteiger partial charge in [-0.15, -0.1) is 0 Å². The van der Waals surface area contributed by atoms with Crippen LogP contribution < -0.4 is 0 Å². The molecule has 15 heavy (non-hydrogen) atoms. The molecule has 0 radical (unpaired) electrons. The second kappa shape index (κ2) is 3.91. The standard InChI is InChI=1S/C9H15F3O2Si/c1-4-13-15(3)7-5-6-8(2,14-15)9(10,11)12/h5,7H,4,6H2,1-3H3. The number of alkyl halides is 3. The van der Waals surface area contributed by atoms with Gasteiger partial charge in [-0.1, -0.05) is 6.08 Å². The minimum absolute atomic E-state index is 0.147. The van der Waals surface area contributed by atoms with Crippen molar-refractivity contribution in [3.8, 4) is 0 Å². The first-order valence-corrected chi connectivity index (χ1v) is 7.20. The molecule has 0 saturated carbocycles. The third-order valence-electron chi connectivity index (χ3n) is 2.39. The lowest BCUT2D eigenvalue weighted by Gasteiger charge is -2.40. The number of halogens is 3. The zero-order valence-corrected chi connectivity index (χ0v) is 10.0. The third kappa shape index (κ3) is 2.62. The minimum Gasteiger partial charge on any atom is -0.392 e. The Morgan fingerprint density at radius 1 is 1.53 bits per heavy atom. The maximum Gasteiger partial charge on any atom is 0.416 e. The van der Waals surface area contributed by atoms with Crippen LogP contribution >= 0.6 is 0 Å². The Balaban J connectivity index is 2.88. The van der Waals surface area contributed by atoms with Crippen molar-refractivity contribution in [2.45, 2.75) is 38.6 Å². The lowest BCUT2D eigenvalue weighted by molar-refractivity contribution is -0.248. The van der Waals surface area contributed by atoms with Crippen LogP contribution in [0, 0.1) is 0 Å². The van der Waals surface area contributed by atoms with Crippen molar-refractivity contribution in [2.24, 2.45) is 0 Å². The van der Waals surface area contributed by atoms with Crippen molar-refractivity contribution >= 4 is 8.56 Å². The summed E-state index contributed by atoms with van der Waals surface area (Å²) in [5, 5.41) is 0. The fraction of sp³-hybridized carbons (Fsp3) is 0.778. The van der Waals surface area contributed by atoms with E-state index in [1.165, 1.54) is 6.08 Å². The predicted octanol–water partition coefficient (Wildman–Crippen LogP) is 2.93. The predicted molar refractivity (Wildman–Crippen MR) is 52.5 cm³/mol. The van der Waals surface area contributed by atoms with Gasteiger partial charge in [-0.2, -0.15) is 13.2 Å². The Hall–Kier alpha value is -0.333. The van der Waals surface area contributed by atoms with Gasteiger partial charge in [0.15, 0.2) is 5.60 Å². The lowest BCUT2D eigenvalue weighted by atomic mass is 10.0. The quantitative estimate of drug-likeness (QED) is 0.691. The summed E-state index contributed by atoms with van der Waals surface area (Å²) in [6.07, 6.45) is -2.99. The molecule has 0 fully saturated rings. The highest BCUT2D eigenvalue weighted by Gasteiger charge is 2.56. The molecule has 1 aliphatic rings. The molecule has 0 saturated heterocycles. The van der Waals surface area contributed by atoms with E-state index in [1.807, 2.05) is 0 Å². The Morgan fingerprint density at radius 3 is 2.60 bits per heavy atom. The van der Waals surface area contributed by atoms with Crippen LogP contribution in [-0.4, -0.2) is 26.9 Å². The van der Waals surface area contributed by atoms with Crippen molar-refractivity contribution < 1.29 is 22.0 Å². The monoisotopic (exact) mass is 240 g/mol. The summed E-state index contributed by atoms with van der Waals surface area (Å²) >= 11 is 0. The Kier molecular flexibility index (Phi) is 3.32. The van der Waals surface area contributed by atoms with Gasteiger partial charge in [0.1, 0.15) is 0 Å². The molecule has 1 rings (SSSR count). The molecule has 0 bridgehead atoms. The maximum atomic E-state index is 12.7. The van der Waals surface area contributed by atoms with Crippen LogP contribution in [0.3, 0.4) is 0 Å². The average molecular weight is 240 g/mol. The van der Waals surface area contributed by atoms with Crippen LogP contribution in [0.1, 0.15) is 20.3 Å². The highest BCUT2D eigenvalue weighted by molar-refractivity contribution is 6.71. The lowest BCUT2D eigenvalue weighted by Crippen LogP contribution is -2.55. The van der Waals surface area contributed by atoms with Crippen LogP contribution in [0.5, 0.6) is 0 Å². The molecule has 0 aromatic rings. The summed E-state index contributed by atoms with van der Waals surface area (Å²) in [6.45, 7) is 4.80. The number of hydrogen-bond donors (Lipinski definition) is 0. The van der Waals surface area contributed by atoms with Gasteiger partial charge in [-0.3, -0.25) is 0 Å². The van der Waals surface area contributed by atoms with Crippen LogP contribution in [-0.2, 0) is 8.85 Å². The molecule has 1 heterocycles. The average Bonchev–Trinajstić information content (AvgIpc) is 2.00. The van der Waals surface area contributed by atoms with Crippen LogP contribution in [0.15, 0.2) is 11.8 Å². The van der Waals surface area contributed by atoms with E-state index >= 15 is 0 Å². The van der Waals surface area contributed by atoms with Crippen molar-refractivity contribution in [2.75, 3.05) is 6.61 Å². The molecule has 88 valence electrons. The largest absolute Gasteiger partial charge is 0.416 e. The van der Waals surface area contributed by atoms with Gasteiger partial charge in [0.05, 0.1) is 0 Å². The summed E-state index contributed by atoms with van der Waals surface area (Å²) in [6, 6.07) is 0. The first kappa shape index (κ1) is 12.7. The van der Waals surface area contributed by atoms with Gasteiger partial charge < -0.3 is 8.85 Å². The zero-order valence-electron chi connectivity index (χ0n) is 9.02. The van der Waals surface area contributed by atoms with Crippen LogP contribution in [0.4, 0.5) is 13.2 Å². The first-order chi connectivity index (χ1) is 6.72. The molecule has 1 aliphatic heterocycles. The molecular weight excluding hydrogens is 225 g/mol. The summed E-state index contributed by atoms with van der Waals surface area (Å²) in [4.78, 5) is 0. The van der Waals surface area contributed by atoms with Gasteiger partial charge in [-0.05, 0) is 26.1 Å². The van der Waals surface area contributed by atoms with E-state index < -0.39 is 20.3 Å². The van der Waals surface area contributed by atoms with Gasteiger partial charge in [-0.25, -0.2) is 0 Å². The number of rotatable bonds is 2. The highest BCUT2D eigenvalue weighted by Crippen LogP contribution is 2.41. The van der Waals surface area contributed by atoms with E-state index in [0.717, 1.165) is 6.92 Å². The van der Waals surface area contributed by atoms with Gasteiger partial charge in [0, 0.05) is 13.0 Å². The molecule has 0 aromatic carbocycles. The van der Waals surface area contributed by atoms with E-state index in [0.29, 0.717) is 6.61 Å². The van der Waals surface area contributed by atoms with Crippen LogP contribution in [0.2, 0.25) is 6.55 Å². The molecule has 2 nitrogen and oxygen atoms in total. The smallest absolute Gasteiger partial charge is 0.392 e. The molecule has 0 aromatic heterocycles. The van der Waals surface area contributed by atoms with E-state index in [1.54, 1.807) is 19.2 Å². The van der Waals surface area contributed by atoms with Gasteiger partial charge in [0.25, 0.3) is 0 Å². The van der Waals surface area contributed by atoms with Gasteiger partial charge in [0.2, 0.25) is 0 Å². The summed E-state index contributed by atoms with van der Waals surface area (Å²) in [5.41, 5.74) is -0.443. The van der Waals surface area contributed by atoms with Crippen molar-refractivity contribution in [3.05, 3.63) is 11.8 Å². The third-order valence-corrected chi connectivity index (χ3v) is 4.95. The minimum atomic E-state index is -4.36. The second-order valence-electron chi connectivity index (χ2n) is 3.89. The van der Waals surface area contributed by atoms with Crippen LogP contribution in [0.25, 0.3) is 0 Å². The molecule has 2 unspecified atom stereocenters. The van der Waals surface area contributed by atoms with E-state index in [2.05, 4.69) is 0 Å². The Labute approximate surface area is 88.3 Å². The van der Waals surface area contributed by atoms with E-state index in [4.69, 9.17) is 8.85 Å². The van der Waals surface area contributed by atoms with Gasteiger partial charge >= 0.3 is 14.7 Å². The van der Waals surface area contributed by atoms with E-state index in [9.17, 15) is 13.2 Å². The molecule has 6 heteroatoms. The van der Waals surface area contributed by atoms with Crippen molar-refractivity contribution in [1.82, 2.24) is 0 Å². The second-order valence-corrected chi connectivity index (χ2v) is 6.74. The topological polar surface area (TPSA) is 18.5 Å². The van der Waals surface area contributed by atoms with Crippen molar-refractivity contribution in [3.63, 3.8) is 0 Å². The molecular formula is C9H15F3O2Si. The van der Waals surface area contributed by atoms with Crippen molar-refractivity contribution in [1.29, 1.82) is 0 Å². The molecule has 0 amide bonds. The number of hydrogen-bond acceptors (Lipinski definition) is 2. The zero-order chi connectivity index (χ0) is 11.7. The van der Waals surface area contributed by atoms with E-state index in [-0.39, 0.29) is 6.42 Å². The Morgan fingerprint density at radius 2 is 2.13 bits per heavy atom. The summed E-state index contributed by atoms with van der Waals surface area (Å²) in [7, 11) is -2.78. The first-order valence-electron chi connectivity index (χ1n) is 4.81. The molecule has 2 atom stereocenters. The highest BCUT2D eigenvalue weighted by atomic mass is 28.4. The SMILES string of the molecule is CCO[Si]1(C)C=CCC(C)(C(F)(F)F)O1. The normalized spacial score (nSPS) is 36.9. The summed E-state index contributed by atoms with van der Waals surface area (Å²) in [5.74, 6) is 0. The summed E-state index contributed by atoms with van der Waals surface area (Å²) < 4.78 is 48.6. The maximum absolute atomic E-state index is 12.7. The molecule has 0 spiro atoms. The fourth-order valence-electron chi connectivity index (χ4n) is 1.56. The molecule has 0 N–H and O–H groups in total. The molecule has 0 aliphatic carbocycles. The Bertz CT molecular complexity index is 267.